The summed E-state index contributed by atoms with van der Waals surface area (Å²) in [5.74, 6) is -1.58. The summed E-state index contributed by atoms with van der Waals surface area (Å²) >= 11 is 0. The molecule has 1 amide bonds. The number of nitrogens with zero attached hydrogens (tertiary/aromatic N) is 4. The molecule has 0 aliphatic heterocycles. The van der Waals surface area contributed by atoms with Crippen LogP contribution in [0, 0.1) is 11.6 Å². The van der Waals surface area contributed by atoms with Crippen molar-refractivity contribution < 1.29 is 23.1 Å². The molecule has 39 heavy (non-hydrogen) atoms. The minimum atomic E-state index is -0.754. The zero-order valence-electron chi connectivity index (χ0n) is 21.1. The van der Waals surface area contributed by atoms with Gasteiger partial charge in [0, 0.05) is 35.5 Å². The van der Waals surface area contributed by atoms with Gasteiger partial charge in [0.25, 0.3) is 5.91 Å². The number of ether oxygens (including phenoxy) is 1. The van der Waals surface area contributed by atoms with E-state index in [0.29, 0.717) is 24.0 Å². The van der Waals surface area contributed by atoms with Crippen molar-refractivity contribution in [3.05, 3.63) is 107 Å². The molecule has 2 aliphatic rings. The Morgan fingerprint density at radius 2 is 1.77 bits per heavy atom. The van der Waals surface area contributed by atoms with E-state index in [1.165, 1.54) is 4.68 Å². The third kappa shape index (κ3) is 5.30. The highest BCUT2D eigenvalue weighted by molar-refractivity contribution is 5.95. The van der Waals surface area contributed by atoms with Gasteiger partial charge >= 0.3 is 6.09 Å². The van der Waals surface area contributed by atoms with Gasteiger partial charge in [0.2, 0.25) is 0 Å². The molecule has 0 bridgehead atoms. The van der Waals surface area contributed by atoms with Crippen LogP contribution in [0.1, 0.15) is 46.4 Å². The Bertz CT molecular complexity index is 1520. The number of benzene rings is 2. The molecule has 2 aromatic heterocycles. The number of hydrogen-bond donors (Lipinski definition) is 0. The molecule has 1 unspecified atom stereocenters. The van der Waals surface area contributed by atoms with E-state index < -0.39 is 17.7 Å². The van der Waals surface area contributed by atoms with Crippen molar-refractivity contribution in [2.24, 2.45) is 0 Å². The number of halogens is 2. The van der Waals surface area contributed by atoms with Gasteiger partial charge < -0.3 is 9.64 Å². The van der Waals surface area contributed by atoms with Crippen molar-refractivity contribution >= 4 is 12.0 Å². The lowest BCUT2D eigenvalue weighted by Crippen LogP contribution is -2.44. The second-order valence-corrected chi connectivity index (χ2v) is 9.99. The Morgan fingerprint density at radius 1 is 1.00 bits per heavy atom. The van der Waals surface area contributed by atoms with Crippen molar-refractivity contribution in [2.75, 3.05) is 0 Å². The van der Waals surface area contributed by atoms with Gasteiger partial charge in [-0.1, -0.05) is 42.5 Å². The Labute approximate surface area is 224 Å². The molecule has 1 atom stereocenters. The summed E-state index contributed by atoms with van der Waals surface area (Å²) in [6, 6.07) is 17.0. The molecule has 0 radical (unpaired) electrons. The molecule has 4 aromatic rings. The summed E-state index contributed by atoms with van der Waals surface area (Å²) in [6.07, 6.45) is 6.04. The number of pyridine rings is 1. The van der Waals surface area contributed by atoms with Gasteiger partial charge in [-0.3, -0.25) is 9.78 Å². The molecule has 2 heterocycles. The van der Waals surface area contributed by atoms with E-state index >= 15 is 0 Å². The summed E-state index contributed by atoms with van der Waals surface area (Å²) < 4.78 is 34.1. The molecule has 0 saturated heterocycles. The topological polar surface area (TPSA) is 77.3 Å². The van der Waals surface area contributed by atoms with Crippen LogP contribution >= 0.6 is 0 Å². The monoisotopic (exact) mass is 528 g/mol. The van der Waals surface area contributed by atoms with Crippen molar-refractivity contribution in [3.8, 4) is 11.3 Å². The molecule has 198 valence electrons. The fourth-order valence-corrected chi connectivity index (χ4v) is 5.13. The minimum Gasteiger partial charge on any atom is -0.443 e. The summed E-state index contributed by atoms with van der Waals surface area (Å²) in [5, 5.41) is 4.45. The molecular formula is C30H26F2N4O3. The molecule has 2 aliphatic carbocycles. The van der Waals surface area contributed by atoms with Gasteiger partial charge in [0.1, 0.15) is 18.1 Å². The SMILES string of the molecule is O=C(c1ccc(-c2ncc(F)cc2F)cc1)N(C1CC1)C1CCc2nn(C(=O)OCc3ccccc3)cc2C1. The third-order valence-electron chi connectivity index (χ3n) is 7.22. The molecule has 0 N–H and O–H groups in total. The fourth-order valence-electron chi connectivity index (χ4n) is 5.13. The van der Waals surface area contributed by atoms with Crippen LogP contribution in [0.25, 0.3) is 11.3 Å². The summed E-state index contributed by atoms with van der Waals surface area (Å²) in [6.45, 7) is 0.166. The maximum Gasteiger partial charge on any atom is 0.435 e. The van der Waals surface area contributed by atoms with E-state index in [4.69, 9.17) is 4.74 Å². The van der Waals surface area contributed by atoms with Crippen molar-refractivity contribution in [3.63, 3.8) is 0 Å². The van der Waals surface area contributed by atoms with Crippen molar-refractivity contribution in [1.29, 1.82) is 0 Å². The number of aromatic nitrogens is 3. The fraction of sp³-hybridized carbons (Fsp3) is 0.267. The standard InChI is InChI=1S/C30H26F2N4O3/c31-23-15-26(32)28(33-16-23)20-6-8-21(9-7-20)29(37)36(24-10-11-24)25-12-13-27-22(14-25)17-35(34-27)30(38)39-18-19-4-2-1-3-5-19/h1-9,15-17,24-25H,10-14,18H2. The first-order valence-corrected chi connectivity index (χ1v) is 13.0. The smallest absolute Gasteiger partial charge is 0.435 e. The lowest BCUT2D eigenvalue weighted by Gasteiger charge is -2.34. The van der Waals surface area contributed by atoms with Gasteiger partial charge in [0.05, 0.1) is 11.9 Å². The number of carbonyl (C=O) groups is 2. The maximum atomic E-state index is 14.2. The molecule has 1 saturated carbocycles. The quantitative estimate of drug-likeness (QED) is 0.327. The Balaban J connectivity index is 1.15. The molecule has 2 aromatic carbocycles. The van der Waals surface area contributed by atoms with Gasteiger partial charge in [0.15, 0.2) is 5.82 Å². The maximum absolute atomic E-state index is 14.2. The van der Waals surface area contributed by atoms with Gasteiger partial charge in [-0.15, -0.1) is 0 Å². The van der Waals surface area contributed by atoms with E-state index in [1.54, 1.807) is 30.5 Å². The normalized spacial score (nSPS) is 16.4. The lowest BCUT2D eigenvalue weighted by molar-refractivity contribution is 0.0642. The average Bonchev–Trinajstić information content (AvgIpc) is 3.69. The van der Waals surface area contributed by atoms with E-state index in [-0.39, 0.29) is 30.3 Å². The van der Waals surface area contributed by atoms with Crippen LogP contribution in [0.15, 0.2) is 73.1 Å². The first-order chi connectivity index (χ1) is 19.0. The van der Waals surface area contributed by atoms with Crippen LogP contribution in [0.5, 0.6) is 0 Å². The molecule has 7 nitrogen and oxygen atoms in total. The first kappa shape index (κ1) is 24.9. The minimum absolute atomic E-state index is 0.0219. The Hall–Kier alpha value is -4.40. The predicted molar refractivity (Wildman–Crippen MR) is 139 cm³/mol. The summed E-state index contributed by atoms with van der Waals surface area (Å²) in [5.41, 5.74) is 3.69. The van der Waals surface area contributed by atoms with E-state index in [9.17, 15) is 18.4 Å². The number of hydrogen-bond acceptors (Lipinski definition) is 5. The third-order valence-corrected chi connectivity index (χ3v) is 7.22. The van der Waals surface area contributed by atoms with Crippen LogP contribution < -0.4 is 0 Å². The molecule has 9 heteroatoms. The number of amides is 1. The van der Waals surface area contributed by atoms with Crippen molar-refractivity contribution in [2.45, 2.75) is 50.8 Å². The van der Waals surface area contributed by atoms with Crippen LogP contribution in [-0.4, -0.2) is 43.7 Å². The lowest BCUT2D eigenvalue weighted by atomic mass is 9.91. The molecule has 0 spiro atoms. The van der Waals surface area contributed by atoms with Gasteiger partial charge in [-0.2, -0.15) is 9.78 Å². The van der Waals surface area contributed by atoms with E-state index in [0.717, 1.165) is 48.3 Å². The Morgan fingerprint density at radius 3 is 2.49 bits per heavy atom. The van der Waals surface area contributed by atoms with E-state index in [2.05, 4.69) is 10.1 Å². The predicted octanol–water partition coefficient (Wildman–Crippen LogP) is 5.57. The molecular weight excluding hydrogens is 502 g/mol. The number of rotatable bonds is 6. The zero-order chi connectivity index (χ0) is 26.9. The summed E-state index contributed by atoms with van der Waals surface area (Å²) in [7, 11) is 0. The van der Waals surface area contributed by atoms with E-state index in [1.807, 2.05) is 35.2 Å². The largest absolute Gasteiger partial charge is 0.443 e. The van der Waals surface area contributed by atoms with Crippen LogP contribution in [0.2, 0.25) is 0 Å². The highest BCUT2D eigenvalue weighted by atomic mass is 19.1. The van der Waals surface area contributed by atoms with Crippen LogP contribution in [0.4, 0.5) is 13.6 Å². The molecule has 6 rings (SSSR count). The van der Waals surface area contributed by atoms with Gasteiger partial charge in [-0.05, 0) is 55.4 Å². The summed E-state index contributed by atoms with van der Waals surface area (Å²) in [4.78, 5) is 32.0. The van der Waals surface area contributed by atoms with Crippen LogP contribution in [0.3, 0.4) is 0 Å². The Kier molecular flexibility index (Phi) is 6.64. The second-order valence-electron chi connectivity index (χ2n) is 9.99. The number of carbonyl (C=O) groups excluding carboxylic acids is 2. The first-order valence-electron chi connectivity index (χ1n) is 13.0. The van der Waals surface area contributed by atoms with Gasteiger partial charge in [-0.25, -0.2) is 13.6 Å². The zero-order valence-corrected chi connectivity index (χ0v) is 21.1. The highest BCUT2D eigenvalue weighted by Crippen LogP contribution is 2.35. The second kappa shape index (κ2) is 10.4. The number of aryl methyl sites for hydroxylation is 1. The number of fused-ring (bicyclic) bond motifs is 1. The van der Waals surface area contributed by atoms with Crippen molar-refractivity contribution in [1.82, 2.24) is 19.7 Å². The molecule has 1 fully saturated rings. The van der Waals surface area contributed by atoms with Crippen LogP contribution in [-0.2, 0) is 24.2 Å². The average molecular weight is 529 g/mol. The highest BCUT2D eigenvalue weighted by Gasteiger charge is 2.39.